The average Bonchev–Trinajstić information content (AvgIpc) is 3.61. The van der Waals surface area contributed by atoms with Crippen LogP contribution in [0.1, 0.15) is 76.5 Å². The van der Waals surface area contributed by atoms with Crippen molar-refractivity contribution in [2.45, 2.75) is 76.1 Å². The number of likely N-dealkylation sites (tertiary alicyclic amines) is 1. The van der Waals surface area contributed by atoms with Crippen LogP contribution in [0.4, 0.5) is 0 Å². The smallest absolute Gasteiger partial charge is 0.304 e. The molecule has 0 spiro atoms. The molecule has 0 aromatic heterocycles. The van der Waals surface area contributed by atoms with Crippen LogP contribution in [0, 0.1) is 11.3 Å². The number of halogens is 2. The minimum atomic E-state index is -3.60. The first-order chi connectivity index (χ1) is 18.2. The third kappa shape index (κ3) is 6.14. The number of carbonyl (C=O) groups is 2. The van der Waals surface area contributed by atoms with Crippen molar-refractivity contribution in [3.8, 4) is 0 Å². The Bertz CT molecular complexity index is 1340. The van der Waals surface area contributed by atoms with Crippen molar-refractivity contribution < 1.29 is 23.1 Å². The molecule has 1 heterocycles. The van der Waals surface area contributed by atoms with E-state index in [1.54, 1.807) is 36.9 Å². The van der Waals surface area contributed by atoms with Gasteiger partial charge in [-0.05, 0) is 67.5 Å². The monoisotopic (exact) mass is 594 g/mol. The van der Waals surface area contributed by atoms with Crippen LogP contribution in [0.15, 0.2) is 48.5 Å². The zero-order valence-electron chi connectivity index (χ0n) is 22.7. The van der Waals surface area contributed by atoms with Gasteiger partial charge in [0.05, 0.1) is 22.6 Å². The minimum absolute atomic E-state index is 0.0246. The number of aliphatic carboxylic acids is 1. The molecule has 1 aliphatic heterocycles. The fraction of sp³-hybridized carbons (Fsp3) is 0.517. The lowest BCUT2D eigenvalue weighted by Crippen LogP contribution is -2.60. The first-order valence-corrected chi connectivity index (χ1v) is 15.5. The largest absolute Gasteiger partial charge is 0.481 e. The highest BCUT2D eigenvalue weighted by Gasteiger charge is 2.54. The van der Waals surface area contributed by atoms with Crippen LogP contribution in [0.2, 0.25) is 10.0 Å². The number of carboxylic acids is 1. The molecule has 2 aliphatic rings. The Labute approximate surface area is 240 Å². The Morgan fingerprint density at radius 3 is 2.26 bits per heavy atom. The number of rotatable bonds is 10. The van der Waals surface area contributed by atoms with E-state index in [2.05, 4.69) is 4.72 Å². The predicted octanol–water partition coefficient (Wildman–Crippen LogP) is 6.03. The summed E-state index contributed by atoms with van der Waals surface area (Å²) in [6.45, 7) is 7.33. The van der Waals surface area contributed by atoms with E-state index < -0.39 is 38.2 Å². The number of hydrogen-bond donors (Lipinski definition) is 2. The van der Waals surface area contributed by atoms with Gasteiger partial charge in [0.2, 0.25) is 15.9 Å². The molecule has 1 saturated heterocycles. The van der Waals surface area contributed by atoms with Crippen molar-refractivity contribution in [2.75, 3.05) is 6.54 Å². The number of nitrogens with zero attached hydrogens (tertiary/aromatic N) is 1. The molecular formula is C29H36Cl2N2O5S. The number of amides is 1. The van der Waals surface area contributed by atoms with E-state index in [-0.39, 0.29) is 37.1 Å². The van der Waals surface area contributed by atoms with Gasteiger partial charge >= 0.3 is 5.97 Å². The number of hydrogen-bond acceptors (Lipinski definition) is 4. The highest BCUT2D eigenvalue weighted by molar-refractivity contribution is 7.91. The molecule has 10 heteroatoms. The number of carboxylic acid groups (broad SMARTS) is 1. The molecule has 7 nitrogen and oxygen atoms in total. The van der Waals surface area contributed by atoms with Gasteiger partial charge < -0.3 is 10.0 Å². The topological polar surface area (TPSA) is 104 Å². The second kappa shape index (κ2) is 11.0. The second-order valence-electron chi connectivity index (χ2n) is 11.8. The molecule has 2 fully saturated rings. The fourth-order valence-electron chi connectivity index (χ4n) is 5.71. The molecule has 4 rings (SSSR count). The van der Waals surface area contributed by atoms with Crippen molar-refractivity contribution >= 4 is 45.1 Å². The average molecular weight is 596 g/mol. The van der Waals surface area contributed by atoms with Gasteiger partial charge in [0.25, 0.3) is 0 Å². The number of sulfonamides is 1. The number of nitrogens with one attached hydrogen (secondary N) is 1. The summed E-state index contributed by atoms with van der Waals surface area (Å²) in [4.78, 5) is 28.1. The lowest BCUT2D eigenvalue weighted by atomic mass is 9.66. The lowest BCUT2D eigenvalue weighted by molar-refractivity contribution is -0.161. The lowest BCUT2D eigenvalue weighted by Gasteiger charge is -2.52. The van der Waals surface area contributed by atoms with Gasteiger partial charge in [-0.1, -0.05) is 68.2 Å². The summed E-state index contributed by atoms with van der Waals surface area (Å²) >= 11 is 12.6. The number of piperidine rings is 1. The molecule has 4 atom stereocenters. The third-order valence-corrected chi connectivity index (χ3v) is 11.1. The van der Waals surface area contributed by atoms with E-state index in [4.69, 9.17) is 23.2 Å². The zero-order chi connectivity index (χ0) is 28.8. The van der Waals surface area contributed by atoms with E-state index in [1.165, 1.54) is 0 Å². The molecule has 1 amide bonds. The predicted molar refractivity (Wildman–Crippen MR) is 153 cm³/mol. The maximum Gasteiger partial charge on any atom is 0.304 e. The van der Waals surface area contributed by atoms with Gasteiger partial charge in [-0.15, -0.1) is 0 Å². The summed E-state index contributed by atoms with van der Waals surface area (Å²) in [5.41, 5.74) is 0.499. The van der Waals surface area contributed by atoms with Crippen LogP contribution in [0.5, 0.6) is 0 Å². The van der Waals surface area contributed by atoms with E-state index >= 15 is 0 Å². The SMILES string of the molecule is CC(C)[C@@H](CNS(=O)(=O)C1(C)CC1)N1C(=O)[C@@](C)(CC(=O)O)C[C@H](c2cccc(Cl)c2)[C@H]1c1ccc(Cl)cc1. The van der Waals surface area contributed by atoms with E-state index in [0.29, 0.717) is 22.9 Å². The number of carbonyl (C=O) groups excluding carboxylic acids is 1. The van der Waals surface area contributed by atoms with E-state index in [1.807, 2.05) is 44.2 Å². The Morgan fingerprint density at radius 2 is 1.72 bits per heavy atom. The van der Waals surface area contributed by atoms with Gasteiger partial charge in [0.1, 0.15) is 0 Å². The molecular weight excluding hydrogens is 559 g/mol. The van der Waals surface area contributed by atoms with E-state index in [9.17, 15) is 23.1 Å². The Hall–Kier alpha value is -2.13. The van der Waals surface area contributed by atoms with Gasteiger partial charge in [-0.25, -0.2) is 13.1 Å². The molecule has 2 N–H and O–H groups in total. The van der Waals surface area contributed by atoms with Crippen molar-refractivity contribution in [3.05, 3.63) is 69.7 Å². The quantitative estimate of drug-likeness (QED) is 0.349. The van der Waals surface area contributed by atoms with Crippen LogP contribution in [0.3, 0.4) is 0 Å². The summed E-state index contributed by atoms with van der Waals surface area (Å²) in [5.74, 6) is -1.81. The summed E-state index contributed by atoms with van der Waals surface area (Å²) < 4.78 is 28.1. The van der Waals surface area contributed by atoms with Crippen molar-refractivity contribution in [3.63, 3.8) is 0 Å². The van der Waals surface area contributed by atoms with Gasteiger partial charge in [0, 0.05) is 28.5 Å². The van der Waals surface area contributed by atoms with Crippen LogP contribution < -0.4 is 4.72 Å². The third-order valence-electron chi connectivity index (χ3n) is 8.34. The fourth-order valence-corrected chi connectivity index (χ4v) is 7.42. The van der Waals surface area contributed by atoms with Gasteiger partial charge in [-0.3, -0.25) is 9.59 Å². The highest BCUT2D eigenvalue weighted by Crippen LogP contribution is 2.52. The van der Waals surface area contributed by atoms with E-state index in [0.717, 1.165) is 11.1 Å². The highest BCUT2D eigenvalue weighted by atomic mass is 35.5. The Kier molecular flexibility index (Phi) is 8.44. The molecule has 1 saturated carbocycles. The summed E-state index contributed by atoms with van der Waals surface area (Å²) in [6, 6.07) is 13.6. The first kappa shape index (κ1) is 29.8. The molecule has 0 radical (unpaired) electrons. The van der Waals surface area contributed by atoms with Crippen LogP contribution in [-0.2, 0) is 19.6 Å². The molecule has 39 heavy (non-hydrogen) atoms. The summed E-state index contributed by atoms with van der Waals surface area (Å²) in [6.07, 6.45) is 1.13. The molecule has 0 unspecified atom stereocenters. The summed E-state index contributed by atoms with van der Waals surface area (Å²) in [7, 11) is -3.60. The van der Waals surface area contributed by atoms with Crippen molar-refractivity contribution in [2.24, 2.45) is 11.3 Å². The molecule has 1 aliphatic carbocycles. The van der Waals surface area contributed by atoms with Crippen LogP contribution in [-0.4, -0.2) is 47.6 Å². The maximum absolute atomic E-state index is 14.4. The normalized spacial score (nSPS) is 25.5. The standard InChI is InChI=1S/C29H36Cl2N2O5S/c1-18(2)24(17-32-39(37,38)29(4)12-13-29)33-26(19-8-10-21(30)11-9-19)23(20-6-5-7-22(31)14-20)15-28(3,27(33)36)16-25(34)35/h5-11,14,18,23-24,26,32H,12-13,15-17H2,1-4H3,(H,34,35)/t23-,24-,26-,28-/m1/s1. The summed E-state index contributed by atoms with van der Waals surface area (Å²) in [5, 5.41) is 10.9. The first-order valence-electron chi connectivity index (χ1n) is 13.2. The minimum Gasteiger partial charge on any atom is -0.481 e. The number of benzene rings is 2. The van der Waals surface area contributed by atoms with Crippen LogP contribution >= 0.6 is 23.2 Å². The Balaban J connectivity index is 1.87. The van der Waals surface area contributed by atoms with Crippen molar-refractivity contribution in [1.29, 1.82) is 0 Å². The molecule has 0 bridgehead atoms. The Morgan fingerprint density at radius 1 is 1.08 bits per heavy atom. The van der Waals surface area contributed by atoms with Gasteiger partial charge in [0.15, 0.2) is 0 Å². The zero-order valence-corrected chi connectivity index (χ0v) is 25.0. The molecule has 2 aromatic carbocycles. The molecule has 2 aromatic rings. The second-order valence-corrected chi connectivity index (χ2v) is 15.0. The van der Waals surface area contributed by atoms with Crippen LogP contribution in [0.25, 0.3) is 0 Å². The molecule has 212 valence electrons. The van der Waals surface area contributed by atoms with Crippen molar-refractivity contribution in [1.82, 2.24) is 9.62 Å². The maximum atomic E-state index is 14.4. The van der Waals surface area contributed by atoms with Gasteiger partial charge in [-0.2, -0.15) is 0 Å².